The lowest BCUT2D eigenvalue weighted by Gasteiger charge is -2.09. The second kappa shape index (κ2) is 6.55. The van der Waals surface area contributed by atoms with Crippen LogP contribution in [0.1, 0.15) is 12.5 Å². The molecular formula is C12H14FN5O2S. The average Bonchev–Trinajstić information content (AvgIpc) is 2.47. The highest BCUT2D eigenvalue weighted by atomic mass is 32.2. The third-order valence-corrected chi connectivity index (χ3v) is 3.93. The summed E-state index contributed by atoms with van der Waals surface area (Å²) in [6.07, 6.45) is 2.64. The molecule has 0 amide bonds. The molecule has 0 atom stereocenters. The Bertz CT molecular complexity index is 709. The number of hydrogen-bond acceptors (Lipinski definition) is 6. The Labute approximate surface area is 121 Å². The molecule has 0 saturated carbocycles. The average molecular weight is 311 g/mol. The van der Waals surface area contributed by atoms with E-state index in [1.165, 1.54) is 24.5 Å². The Kier molecular flexibility index (Phi) is 4.76. The van der Waals surface area contributed by atoms with Crippen LogP contribution in [0.4, 0.5) is 10.3 Å². The summed E-state index contributed by atoms with van der Waals surface area (Å²) >= 11 is 0. The minimum Gasteiger partial charge on any atom is -0.313 e. The van der Waals surface area contributed by atoms with Gasteiger partial charge in [0.15, 0.2) is 0 Å². The first kappa shape index (κ1) is 15.3. The largest absolute Gasteiger partial charge is 0.313 e. The number of benzene rings is 1. The molecule has 0 aliphatic rings. The van der Waals surface area contributed by atoms with E-state index in [0.717, 1.165) is 6.07 Å². The number of nitrogens with one attached hydrogen (secondary N) is 2. The Morgan fingerprint density at radius 1 is 1.29 bits per heavy atom. The van der Waals surface area contributed by atoms with Gasteiger partial charge in [-0.1, -0.05) is 6.92 Å². The third kappa shape index (κ3) is 3.92. The van der Waals surface area contributed by atoms with Crippen molar-refractivity contribution in [2.24, 2.45) is 0 Å². The second-order valence-electron chi connectivity index (χ2n) is 4.11. The second-order valence-corrected chi connectivity index (χ2v) is 5.79. The van der Waals surface area contributed by atoms with Gasteiger partial charge < -0.3 is 5.32 Å². The molecule has 2 rings (SSSR count). The smallest absolute Gasteiger partial charge is 0.264 e. The van der Waals surface area contributed by atoms with Crippen LogP contribution in [-0.2, 0) is 16.6 Å². The van der Waals surface area contributed by atoms with Gasteiger partial charge in [0.2, 0.25) is 0 Å². The lowest BCUT2D eigenvalue weighted by atomic mass is 10.2. The molecule has 7 nitrogen and oxygen atoms in total. The van der Waals surface area contributed by atoms with Gasteiger partial charge in [-0.3, -0.25) is 0 Å². The highest BCUT2D eigenvalue weighted by Gasteiger charge is 2.17. The van der Waals surface area contributed by atoms with Gasteiger partial charge in [0, 0.05) is 12.1 Å². The number of hydrogen-bond donors (Lipinski definition) is 2. The lowest BCUT2D eigenvalue weighted by Crippen LogP contribution is -2.17. The number of halogens is 1. The molecule has 0 aliphatic heterocycles. The molecule has 1 aromatic heterocycles. The van der Waals surface area contributed by atoms with Gasteiger partial charge in [0.05, 0.1) is 17.3 Å². The fourth-order valence-electron chi connectivity index (χ4n) is 1.59. The highest BCUT2D eigenvalue weighted by molar-refractivity contribution is 7.92. The fourth-order valence-corrected chi connectivity index (χ4v) is 2.58. The molecule has 9 heteroatoms. The molecule has 0 bridgehead atoms. The molecule has 1 heterocycles. The minimum absolute atomic E-state index is 0.0655. The zero-order valence-corrected chi connectivity index (χ0v) is 12.1. The summed E-state index contributed by atoms with van der Waals surface area (Å²) in [6, 6.07) is 3.57. The van der Waals surface area contributed by atoms with Gasteiger partial charge >= 0.3 is 0 Å². The fraction of sp³-hybridized carbons (Fsp3) is 0.250. The predicted molar refractivity (Wildman–Crippen MR) is 74.4 cm³/mol. The van der Waals surface area contributed by atoms with Crippen molar-refractivity contribution in [1.29, 1.82) is 0 Å². The molecule has 1 aromatic carbocycles. The van der Waals surface area contributed by atoms with Crippen LogP contribution in [-0.4, -0.2) is 30.1 Å². The molecule has 112 valence electrons. The Balaban J connectivity index is 2.27. The van der Waals surface area contributed by atoms with E-state index in [0.29, 0.717) is 6.54 Å². The molecule has 0 radical (unpaired) electrons. The Hall–Kier alpha value is -2.13. The molecule has 0 saturated heterocycles. The SMILES string of the molecule is CCNCc1cc(S(=O)(=O)Nc2nccnn2)ccc1F. The first-order valence-corrected chi connectivity index (χ1v) is 7.67. The summed E-state index contributed by atoms with van der Waals surface area (Å²) in [5, 5.41) is 10.0. The van der Waals surface area contributed by atoms with Gasteiger partial charge in [-0.05, 0) is 24.7 Å². The molecule has 2 N–H and O–H groups in total. The quantitative estimate of drug-likeness (QED) is 0.823. The molecule has 0 unspecified atom stereocenters. The van der Waals surface area contributed by atoms with Gasteiger partial charge in [-0.15, -0.1) is 5.10 Å². The van der Waals surface area contributed by atoms with Gasteiger partial charge in [-0.2, -0.15) is 5.10 Å². The van der Waals surface area contributed by atoms with Crippen molar-refractivity contribution in [3.05, 3.63) is 42.0 Å². The summed E-state index contributed by atoms with van der Waals surface area (Å²) < 4.78 is 40.2. The van der Waals surface area contributed by atoms with Crippen LogP contribution in [0.2, 0.25) is 0 Å². The van der Waals surface area contributed by atoms with Crippen molar-refractivity contribution in [2.75, 3.05) is 11.3 Å². The molecule has 21 heavy (non-hydrogen) atoms. The van der Waals surface area contributed by atoms with E-state index in [1.54, 1.807) is 0 Å². The van der Waals surface area contributed by atoms with Crippen LogP contribution in [0.5, 0.6) is 0 Å². The van der Waals surface area contributed by atoms with Crippen LogP contribution in [0.3, 0.4) is 0 Å². The summed E-state index contributed by atoms with van der Waals surface area (Å²) in [6.45, 7) is 2.77. The van der Waals surface area contributed by atoms with Gasteiger partial charge in [0.1, 0.15) is 5.82 Å². The maximum absolute atomic E-state index is 13.6. The Morgan fingerprint density at radius 2 is 2.10 bits per heavy atom. The number of nitrogens with zero attached hydrogens (tertiary/aromatic N) is 3. The molecule has 2 aromatic rings. The normalized spacial score (nSPS) is 11.3. The number of sulfonamides is 1. The molecule has 0 aliphatic carbocycles. The lowest BCUT2D eigenvalue weighted by molar-refractivity contribution is 0.586. The summed E-state index contributed by atoms with van der Waals surface area (Å²) in [5.74, 6) is -0.609. The van der Waals surface area contributed by atoms with Crippen molar-refractivity contribution in [1.82, 2.24) is 20.5 Å². The van der Waals surface area contributed by atoms with Crippen molar-refractivity contribution in [3.8, 4) is 0 Å². The molecule has 0 fully saturated rings. The van der Waals surface area contributed by atoms with E-state index in [-0.39, 0.29) is 23.0 Å². The van der Waals surface area contributed by atoms with E-state index in [9.17, 15) is 12.8 Å². The van der Waals surface area contributed by atoms with Gasteiger partial charge in [0.25, 0.3) is 16.0 Å². The zero-order valence-electron chi connectivity index (χ0n) is 11.2. The molecule has 0 spiro atoms. The number of rotatable bonds is 6. The van der Waals surface area contributed by atoms with Crippen molar-refractivity contribution < 1.29 is 12.8 Å². The topological polar surface area (TPSA) is 96.9 Å². The van der Waals surface area contributed by atoms with Crippen molar-refractivity contribution in [3.63, 3.8) is 0 Å². The standard InChI is InChI=1S/C12H14FN5O2S/c1-2-14-8-9-7-10(3-4-11(9)13)21(19,20)18-12-15-5-6-16-17-12/h3-7,14H,2,8H2,1H3,(H,15,17,18). The first-order chi connectivity index (χ1) is 10.0. The zero-order chi connectivity index (χ0) is 15.3. The number of aromatic nitrogens is 3. The van der Waals surface area contributed by atoms with E-state index in [1.807, 2.05) is 6.92 Å². The summed E-state index contributed by atoms with van der Waals surface area (Å²) in [4.78, 5) is 3.66. The van der Waals surface area contributed by atoms with Crippen LogP contribution < -0.4 is 10.0 Å². The first-order valence-electron chi connectivity index (χ1n) is 6.18. The van der Waals surface area contributed by atoms with Crippen molar-refractivity contribution in [2.45, 2.75) is 18.4 Å². The van der Waals surface area contributed by atoms with Gasteiger partial charge in [-0.25, -0.2) is 22.5 Å². The Morgan fingerprint density at radius 3 is 2.76 bits per heavy atom. The maximum Gasteiger partial charge on any atom is 0.264 e. The van der Waals surface area contributed by atoms with E-state index < -0.39 is 15.8 Å². The van der Waals surface area contributed by atoms with Crippen molar-refractivity contribution >= 4 is 16.0 Å². The van der Waals surface area contributed by atoms with Crippen LogP contribution in [0.25, 0.3) is 0 Å². The van der Waals surface area contributed by atoms with E-state index in [4.69, 9.17) is 0 Å². The highest BCUT2D eigenvalue weighted by Crippen LogP contribution is 2.17. The minimum atomic E-state index is -3.89. The van der Waals surface area contributed by atoms with E-state index >= 15 is 0 Å². The maximum atomic E-state index is 13.6. The van der Waals surface area contributed by atoms with E-state index in [2.05, 4.69) is 25.2 Å². The van der Waals surface area contributed by atoms with Crippen LogP contribution >= 0.6 is 0 Å². The molecular weight excluding hydrogens is 297 g/mol. The van der Waals surface area contributed by atoms with Crippen LogP contribution in [0.15, 0.2) is 35.5 Å². The summed E-state index contributed by atoms with van der Waals surface area (Å²) in [5.41, 5.74) is 0.270. The monoisotopic (exact) mass is 311 g/mol. The predicted octanol–water partition coefficient (Wildman–Crippen LogP) is 0.921. The summed E-state index contributed by atoms with van der Waals surface area (Å²) in [7, 11) is -3.89. The van der Waals surface area contributed by atoms with Crippen LogP contribution in [0, 0.1) is 5.82 Å². The third-order valence-electron chi connectivity index (χ3n) is 2.60. The number of anilines is 1.